The number of carbonyl (C=O) groups is 1. The van der Waals surface area contributed by atoms with Crippen molar-refractivity contribution >= 4 is 5.97 Å². The lowest BCUT2D eigenvalue weighted by molar-refractivity contribution is -0.276. The fraction of sp³-hybridized carbons (Fsp3) is 0.458. The van der Waals surface area contributed by atoms with E-state index in [0.717, 1.165) is 0 Å². The SMILES string of the molecule is O=C1CC(c2ccccc2OC(F)(F)F)CCO1.OCCC(CCO)c1ccccc1OC(F)(F)F. The topological polar surface area (TPSA) is 85.2 Å². The maximum absolute atomic E-state index is 12.3. The number of cyclic esters (lactones) is 1. The molecule has 0 aliphatic carbocycles. The fourth-order valence-electron chi connectivity index (χ4n) is 3.78. The molecule has 0 bridgehead atoms. The number of alkyl halides is 6. The van der Waals surface area contributed by atoms with Gasteiger partial charge in [0.25, 0.3) is 0 Å². The van der Waals surface area contributed by atoms with Crippen molar-refractivity contribution in [1.29, 1.82) is 0 Å². The third-order valence-corrected chi connectivity index (χ3v) is 5.27. The molecule has 0 saturated carbocycles. The Hall–Kier alpha value is -2.99. The molecule has 1 saturated heterocycles. The Kier molecular flexibility index (Phi) is 10.8. The van der Waals surface area contributed by atoms with E-state index in [1.807, 2.05) is 0 Å². The van der Waals surface area contributed by atoms with E-state index >= 15 is 0 Å². The van der Waals surface area contributed by atoms with E-state index in [1.54, 1.807) is 18.2 Å². The van der Waals surface area contributed by atoms with Crippen LogP contribution in [0.15, 0.2) is 48.5 Å². The van der Waals surface area contributed by atoms with Crippen molar-refractivity contribution in [2.24, 2.45) is 0 Å². The van der Waals surface area contributed by atoms with Crippen molar-refractivity contribution in [2.75, 3.05) is 19.8 Å². The van der Waals surface area contributed by atoms with Gasteiger partial charge in [0.15, 0.2) is 0 Å². The lowest BCUT2D eigenvalue weighted by atomic mass is 9.91. The van der Waals surface area contributed by atoms with Crippen molar-refractivity contribution in [3.63, 3.8) is 0 Å². The predicted octanol–water partition coefficient (Wildman–Crippen LogP) is 5.44. The van der Waals surface area contributed by atoms with Crippen LogP contribution in [0.4, 0.5) is 26.3 Å². The zero-order valence-corrected chi connectivity index (χ0v) is 19.0. The number of aliphatic hydroxyl groups excluding tert-OH is 2. The molecule has 6 nitrogen and oxygen atoms in total. The zero-order chi connectivity index (χ0) is 26.8. The molecule has 3 rings (SSSR count). The minimum atomic E-state index is -4.75. The molecule has 0 aromatic heterocycles. The van der Waals surface area contributed by atoms with Crippen LogP contribution < -0.4 is 9.47 Å². The minimum Gasteiger partial charge on any atom is -0.466 e. The molecule has 2 N–H and O–H groups in total. The van der Waals surface area contributed by atoms with Gasteiger partial charge in [0.2, 0.25) is 0 Å². The molecule has 0 spiro atoms. The fourth-order valence-corrected chi connectivity index (χ4v) is 3.78. The highest BCUT2D eigenvalue weighted by Crippen LogP contribution is 2.36. The minimum absolute atomic E-state index is 0.0816. The molecule has 12 heteroatoms. The second kappa shape index (κ2) is 13.4. The van der Waals surface area contributed by atoms with Gasteiger partial charge in [0, 0.05) is 19.1 Å². The van der Waals surface area contributed by atoms with Crippen LogP contribution in [0.3, 0.4) is 0 Å². The maximum Gasteiger partial charge on any atom is 0.573 e. The highest BCUT2D eigenvalue weighted by Gasteiger charge is 2.34. The van der Waals surface area contributed by atoms with Crippen LogP contribution in [0, 0.1) is 0 Å². The molecule has 1 unspecified atom stereocenters. The molecular formula is C24H26F6O6. The third kappa shape index (κ3) is 9.94. The van der Waals surface area contributed by atoms with Gasteiger partial charge in [0.1, 0.15) is 11.5 Å². The van der Waals surface area contributed by atoms with Gasteiger partial charge in [-0.1, -0.05) is 36.4 Å². The van der Waals surface area contributed by atoms with Gasteiger partial charge in [-0.2, -0.15) is 0 Å². The summed E-state index contributed by atoms with van der Waals surface area (Å²) in [7, 11) is 0. The van der Waals surface area contributed by atoms with Crippen LogP contribution in [0.2, 0.25) is 0 Å². The molecule has 1 heterocycles. The highest BCUT2D eigenvalue weighted by molar-refractivity contribution is 5.71. The Morgan fingerprint density at radius 2 is 1.39 bits per heavy atom. The Labute approximate surface area is 203 Å². The number of rotatable bonds is 8. The third-order valence-electron chi connectivity index (χ3n) is 5.27. The van der Waals surface area contributed by atoms with E-state index in [9.17, 15) is 31.1 Å². The van der Waals surface area contributed by atoms with E-state index < -0.39 is 18.7 Å². The Morgan fingerprint density at radius 1 is 0.861 bits per heavy atom. The van der Waals surface area contributed by atoms with Crippen molar-refractivity contribution in [3.8, 4) is 11.5 Å². The predicted molar refractivity (Wildman–Crippen MR) is 115 cm³/mol. The van der Waals surface area contributed by atoms with Gasteiger partial charge in [0.05, 0.1) is 13.0 Å². The second-order valence-electron chi connectivity index (χ2n) is 7.80. The lowest BCUT2D eigenvalue weighted by Gasteiger charge is -2.23. The number of hydrogen-bond acceptors (Lipinski definition) is 6. The number of benzene rings is 2. The molecule has 1 fully saturated rings. The van der Waals surface area contributed by atoms with E-state index in [4.69, 9.17) is 14.9 Å². The molecule has 2 aromatic carbocycles. The molecule has 36 heavy (non-hydrogen) atoms. The van der Waals surface area contributed by atoms with Crippen molar-refractivity contribution < 1.29 is 55.6 Å². The smallest absolute Gasteiger partial charge is 0.466 e. The molecule has 1 aliphatic rings. The first-order valence-electron chi connectivity index (χ1n) is 11.0. The average Bonchev–Trinajstić information content (AvgIpc) is 2.78. The van der Waals surface area contributed by atoms with E-state index in [0.29, 0.717) is 17.5 Å². The van der Waals surface area contributed by atoms with Crippen molar-refractivity contribution in [3.05, 3.63) is 59.7 Å². The van der Waals surface area contributed by atoms with E-state index in [-0.39, 0.29) is 62.4 Å². The van der Waals surface area contributed by atoms with Crippen LogP contribution in [0.5, 0.6) is 11.5 Å². The highest BCUT2D eigenvalue weighted by atomic mass is 19.4. The second-order valence-corrected chi connectivity index (χ2v) is 7.80. The van der Waals surface area contributed by atoms with Crippen LogP contribution >= 0.6 is 0 Å². The summed E-state index contributed by atoms with van der Waals surface area (Å²) >= 11 is 0. The summed E-state index contributed by atoms with van der Waals surface area (Å²) in [5, 5.41) is 17.8. The summed E-state index contributed by atoms with van der Waals surface area (Å²) in [6.45, 7) is -0.0973. The molecular weight excluding hydrogens is 498 g/mol. The number of carbonyl (C=O) groups excluding carboxylic acids is 1. The van der Waals surface area contributed by atoms with E-state index in [2.05, 4.69) is 9.47 Å². The van der Waals surface area contributed by atoms with Gasteiger partial charge >= 0.3 is 18.7 Å². The normalized spacial score (nSPS) is 16.1. The van der Waals surface area contributed by atoms with Gasteiger partial charge in [-0.05, 0) is 48.4 Å². The first-order valence-corrected chi connectivity index (χ1v) is 11.0. The number of para-hydroxylation sites is 2. The molecule has 1 aliphatic heterocycles. The Morgan fingerprint density at radius 3 is 1.94 bits per heavy atom. The first kappa shape index (κ1) is 29.2. The van der Waals surface area contributed by atoms with Gasteiger partial charge < -0.3 is 24.4 Å². The first-order chi connectivity index (χ1) is 16.9. The summed E-state index contributed by atoms with van der Waals surface area (Å²) in [6.07, 6.45) is -8.34. The zero-order valence-electron chi connectivity index (χ0n) is 19.0. The average molecular weight is 524 g/mol. The number of halogens is 6. The summed E-state index contributed by atoms with van der Waals surface area (Å²) in [6, 6.07) is 11.7. The standard InChI is InChI=1S/C12H11F3O3.C12H15F3O3/c13-12(14,15)18-10-4-2-1-3-9(10)8-5-6-17-11(16)7-8;13-12(14,15)18-11-4-2-1-3-10(11)9(5-7-16)6-8-17/h1-4,8H,5-7H2;1-4,9,16-17H,5-8H2. The number of esters is 1. The van der Waals surface area contributed by atoms with Crippen LogP contribution in [-0.2, 0) is 9.53 Å². The monoisotopic (exact) mass is 524 g/mol. The summed E-state index contributed by atoms with van der Waals surface area (Å²) in [4.78, 5) is 11.2. The van der Waals surface area contributed by atoms with Gasteiger partial charge in [-0.25, -0.2) is 0 Å². The quantitative estimate of drug-likeness (QED) is 0.354. The van der Waals surface area contributed by atoms with Crippen LogP contribution in [0.1, 0.15) is 48.6 Å². The van der Waals surface area contributed by atoms with Crippen molar-refractivity contribution in [2.45, 2.75) is 50.2 Å². The number of aliphatic hydroxyl groups is 2. The number of hydrogen-bond donors (Lipinski definition) is 2. The van der Waals surface area contributed by atoms with Gasteiger partial charge in [-0.3, -0.25) is 4.79 Å². The van der Waals surface area contributed by atoms with E-state index in [1.165, 1.54) is 30.3 Å². The number of ether oxygens (including phenoxy) is 3. The summed E-state index contributed by atoms with van der Waals surface area (Å²) in [5.41, 5.74) is 0.740. The maximum atomic E-state index is 12.3. The summed E-state index contributed by atoms with van der Waals surface area (Å²) < 4.78 is 86.1. The molecule has 0 radical (unpaired) electrons. The van der Waals surface area contributed by atoms with Gasteiger partial charge in [-0.15, -0.1) is 26.3 Å². The van der Waals surface area contributed by atoms with Crippen molar-refractivity contribution in [1.82, 2.24) is 0 Å². The lowest BCUT2D eigenvalue weighted by Crippen LogP contribution is -2.22. The Balaban J connectivity index is 0.000000254. The molecule has 1 atom stereocenters. The molecule has 200 valence electrons. The largest absolute Gasteiger partial charge is 0.573 e. The molecule has 2 aromatic rings. The Bertz CT molecular complexity index is 957. The summed E-state index contributed by atoms with van der Waals surface area (Å²) in [5.74, 6) is -1.57. The van der Waals surface area contributed by atoms with Crippen LogP contribution in [-0.4, -0.2) is 48.7 Å². The van der Waals surface area contributed by atoms with Crippen LogP contribution in [0.25, 0.3) is 0 Å². The molecule has 0 amide bonds.